The van der Waals surface area contributed by atoms with E-state index in [0.717, 1.165) is 5.56 Å². The van der Waals surface area contributed by atoms with Crippen molar-refractivity contribution in [2.24, 2.45) is 5.73 Å². The van der Waals surface area contributed by atoms with Gasteiger partial charge in [-0.15, -0.1) is 0 Å². The quantitative estimate of drug-likeness (QED) is 0.794. The largest absolute Gasteiger partial charge is 0.373 e. The molecule has 0 aliphatic carbocycles. The summed E-state index contributed by atoms with van der Waals surface area (Å²) < 4.78 is 5.43. The topological polar surface area (TPSA) is 68.5 Å². The van der Waals surface area contributed by atoms with Crippen molar-refractivity contribution in [3.8, 4) is 0 Å². The number of aromatic nitrogens is 1. The highest BCUT2D eigenvalue weighted by molar-refractivity contribution is 5.93. The summed E-state index contributed by atoms with van der Waals surface area (Å²) in [5, 5.41) is 0. The van der Waals surface area contributed by atoms with Gasteiger partial charge in [-0.1, -0.05) is 6.07 Å². The molecule has 2 heterocycles. The lowest BCUT2D eigenvalue weighted by Crippen LogP contribution is -2.48. The van der Waals surface area contributed by atoms with Crippen LogP contribution in [-0.2, 0) is 4.74 Å². The van der Waals surface area contributed by atoms with Crippen LogP contribution in [0.25, 0.3) is 0 Å². The second-order valence-corrected chi connectivity index (χ2v) is 4.15. The second-order valence-electron chi connectivity index (χ2n) is 4.15. The first-order valence-electron chi connectivity index (χ1n) is 5.75. The number of nitrogens with two attached hydrogens (primary N) is 1. The molecule has 1 fully saturated rings. The van der Waals surface area contributed by atoms with E-state index in [9.17, 15) is 4.79 Å². The maximum Gasteiger partial charge on any atom is 0.272 e. The maximum absolute atomic E-state index is 12.2. The van der Waals surface area contributed by atoms with Gasteiger partial charge in [0.05, 0.1) is 12.7 Å². The number of ether oxygens (including phenoxy) is 1. The molecule has 1 aliphatic heterocycles. The van der Waals surface area contributed by atoms with E-state index in [4.69, 9.17) is 10.5 Å². The minimum Gasteiger partial charge on any atom is -0.373 e. The number of amides is 1. The second kappa shape index (κ2) is 5.25. The van der Waals surface area contributed by atoms with E-state index in [-0.39, 0.29) is 12.0 Å². The Kier molecular flexibility index (Phi) is 3.71. The number of pyridine rings is 1. The summed E-state index contributed by atoms with van der Waals surface area (Å²) in [4.78, 5) is 18.2. The van der Waals surface area contributed by atoms with E-state index >= 15 is 0 Å². The number of morpholine rings is 1. The Hall–Kier alpha value is -1.46. The molecule has 0 bridgehead atoms. The number of nitrogens with zero attached hydrogens (tertiary/aromatic N) is 2. The van der Waals surface area contributed by atoms with Gasteiger partial charge in [-0.3, -0.25) is 9.78 Å². The molecule has 2 rings (SSSR count). The van der Waals surface area contributed by atoms with Gasteiger partial charge in [-0.25, -0.2) is 0 Å². The van der Waals surface area contributed by atoms with Crippen molar-refractivity contribution in [3.05, 3.63) is 29.6 Å². The molecule has 1 atom stereocenters. The molecule has 5 nitrogen and oxygen atoms in total. The molecule has 0 saturated carbocycles. The molecule has 2 N–H and O–H groups in total. The van der Waals surface area contributed by atoms with Gasteiger partial charge in [0.15, 0.2) is 0 Å². The molecule has 1 aromatic heterocycles. The molecular formula is C12H17N3O2. The average molecular weight is 235 g/mol. The molecule has 1 saturated heterocycles. The van der Waals surface area contributed by atoms with Gasteiger partial charge in [0.2, 0.25) is 0 Å². The Labute approximate surface area is 101 Å². The Balaban J connectivity index is 2.12. The van der Waals surface area contributed by atoms with Crippen LogP contribution in [0.3, 0.4) is 0 Å². The molecule has 92 valence electrons. The molecule has 1 amide bonds. The fourth-order valence-corrected chi connectivity index (χ4v) is 1.91. The predicted octanol–water partition coefficient (Wildman–Crippen LogP) is 0.190. The summed E-state index contributed by atoms with van der Waals surface area (Å²) in [6.07, 6.45) is 1.58. The lowest BCUT2D eigenvalue weighted by atomic mass is 10.2. The normalized spacial score (nSPS) is 20.4. The SMILES string of the molecule is Cc1cccnc1C(=O)N1CCOC(CN)C1. The van der Waals surface area contributed by atoms with Crippen LogP contribution in [0.15, 0.2) is 18.3 Å². The summed E-state index contributed by atoms with van der Waals surface area (Å²) in [7, 11) is 0. The Morgan fingerprint density at radius 1 is 1.71 bits per heavy atom. The molecule has 0 aromatic carbocycles. The van der Waals surface area contributed by atoms with Crippen molar-refractivity contribution in [1.29, 1.82) is 0 Å². The third-order valence-electron chi connectivity index (χ3n) is 2.90. The summed E-state index contributed by atoms with van der Waals surface area (Å²) in [6.45, 7) is 4.02. The zero-order valence-corrected chi connectivity index (χ0v) is 9.93. The van der Waals surface area contributed by atoms with Crippen LogP contribution in [0, 0.1) is 6.92 Å². The van der Waals surface area contributed by atoms with Gasteiger partial charge in [-0.05, 0) is 18.6 Å². The molecule has 1 unspecified atom stereocenters. The molecule has 0 radical (unpaired) electrons. The zero-order valence-electron chi connectivity index (χ0n) is 9.93. The highest BCUT2D eigenvalue weighted by atomic mass is 16.5. The van der Waals surface area contributed by atoms with Crippen LogP contribution in [0.1, 0.15) is 16.1 Å². The van der Waals surface area contributed by atoms with Gasteiger partial charge in [0, 0.05) is 25.8 Å². The molecule has 17 heavy (non-hydrogen) atoms. The van der Waals surface area contributed by atoms with Crippen molar-refractivity contribution in [3.63, 3.8) is 0 Å². The van der Waals surface area contributed by atoms with E-state index < -0.39 is 0 Å². The monoisotopic (exact) mass is 235 g/mol. The predicted molar refractivity (Wildman–Crippen MR) is 63.7 cm³/mol. The van der Waals surface area contributed by atoms with Crippen LogP contribution in [0.2, 0.25) is 0 Å². The van der Waals surface area contributed by atoms with E-state index in [1.54, 1.807) is 11.1 Å². The van der Waals surface area contributed by atoms with E-state index in [1.807, 2.05) is 19.1 Å². The zero-order chi connectivity index (χ0) is 12.3. The van der Waals surface area contributed by atoms with Crippen LogP contribution >= 0.6 is 0 Å². The fraction of sp³-hybridized carbons (Fsp3) is 0.500. The number of aryl methyl sites for hydroxylation is 1. The highest BCUT2D eigenvalue weighted by Gasteiger charge is 2.25. The van der Waals surface area contributed by atoms with Crippen molar-refractivity contribution < 1.29 is 9.53 Å². The van der Waals surface area contributed by atoms with Crippen LogP contribution < -0.4 is 5.73 Å². The standard InChI is InChI=1S/C12H17N3O2/c1-9-3-2-4-14-11(9)12(16)15-5-6-17-10(7-13)8-15/h2-4,10H,5-8,13H2,1H3. The molecule has 0 spiro atoms. The number of hydrogen-bond acceptors (Lipinski definition) is 4. The van der Waals surface area contributed by atoms with Crippen molar-refractivity contribution in [2.45, 2.75) is 13.0 Å². The molecule has 1 aliphatic rings. The Morgan fingerprint density at radius 3 is 3.24 bits per heavy atom. The van der Waals surface area contributed by atoms with Crippen LogP contribution in [0.5, 0.6) is 0 Å². The number of carbonyl (C=O) groups is 1. The average Bonchev–Trinajstić information content (AvgIpc) is 2.38. The van der Waals surface area contributed by atoms with E-state index in [1.165, 1.54) is 0 Å². The first-order chi connectivity index (χ1) is 8.22. The lowest BCUT2D eigenvalue weighted by molar-refractivity contribution is -0.0169. The maximum atomic E-state index is 12.2. The molecule has 5 heteroatoms. The number of rotatable bonds is 2. The molecule has 1 aromatic rings. The highest BCUT2D eigenvalue weighted by Crippen LogP contribution is 2.11. The summed E-state index contributed by atoms with van der Waals surface area (Å²) in [6, 6.07) is 3.72. The molecular weight excluding hydrogens is 218 g/mol. The first-order valence-corrected chi connectivity index (χ1v) is 5.75. The van der Waals surface area contributed by atoms with Gasteiger partial charge >= 0.3 is 0 Å². The van der Waals surface area contributed by atoms with E-state index in [0.29, 0.717) is 31.9 Å². The summed E-state index contributed by atoms with van der Waals surface area (Å²) >= 11 is 0. The van der Waals surface area contributed by atoms with E-state index in [2.05, 4.69) is 4.98 Å². The van der Waals surface area contributed by atoms with Crippen molar-refractivity contribution in [1.82, 2.24) is 9.88 Å². The van der Waals surface area contributed by atoms with Crippen molar-refractivity contribution in [2.75, 3.05) is 26.2 Å². The fourth-order valence-electron chi connectivity index (χ4n) is 1.91. The minimum atomic E-state index is -0.0586. The summed E-state index contributed by atoms with van der Waals surface area (Å²) in [5.41, 5.74) is 6.97. The number of carbonyl (C=O) groups excluding carboxylic acids is 1. The third kappa shape index (κ3) is 2.62. The third-order valence-corrected chi connectivity index (χ3v) is 2.90. The first kappa shape index (κ1) is 12.0. The smallest absolute Gasteiger partial charge is 0.272 e. The van der Waals surface area contributed by atoms with Gasteiger partial charge in [-0.2, -0.15) is 0 Å². The Bertz CT molecular complexity index is 408. The minimum absolute atomic E-state index is 0.0372. The lowest BCUT2D eigenvalue weighted by Gasteiger charge is -2.32. The van der Waals surface area contributed by atoms with Crippen molar-refractivity contribution >= 4 is 5.91 Å². The van der Waals surface area contributed by atoms with Gasteiger partial charge < -0.3 is 15.4 Å². The van der Waals surface area contributed by atoms with Gasteiger partial charge in [0.1, 0.15) is 5.69 Å². The van der Waals surface area contributed by atoms with Crippen LogP contribution in [-0.4, -0.2) is 48.1 Å². The summed E-state index contributed by atoms with van der Waals surface area (Å²) in [5.74, 6) is -0.0372. The number of hydrogen-bond donors (Lipinski definition) is 1. The Morgan fingerprint density at radius 2 is 2.53 bits per heavy atom. The van der Waals surface area contributed by atoms with Gasteiger partial charge in [0.25, 0.3) is 5.91 Å². The van der Waals surface area contributed by atoms with Crippen LogP contribution in [0.4, 0.5) is 0 Å².